The summed E-state index contributed by atoms with van der Waals surface area (Å²) in [6.45, 7) is 4.95. The lowest BCUT2D eigenvalue weighted by Crippen LogP contribution is -2.18. The summed E-state index contributed by atoms with van der Waals surface area (Å²) in [4.78, 5) is 0. The van der Waals surface area contributed by atoms with Gasteiger partial charge in [0, 0.05) is 6.54 Å². The number of benzene rings is 1. The molecule has 0 amide bonds. The molecule has 0 radical (unpaired) electrons. The maximum atomic E-state index is 12.9. The molecule has 0 aliphatic heterocycles. The lowest BCUT2D eigenvalue weighted by atomic mass is 10.0. The molecule has 0 fully saturated rings. The molecule has 0 aliphatic carbocycles. The molecule has 0 spiro atoms. The summed E-state index contributed by atoms with van der Waals surface area (Å²) in [6, 6.07) is 8.45. The predicted molar refractivity (Wildman–Crippen MR) is 74.3 cm³/mol. The SMILES string of the molecule is CCc1cc(C(N)Cc2ccc(F)cc2)n(CC)n1. The lowest BCUT2D eigenvalue weighted by Gasteiger charge is -2.13. The quantitative estimate of drug-likeness (QED) is 0.899. The lowest BCUT2D eigenvalue weighted by molar-refractivity contribution is 0.564. The summed E-state index contributed by atoms with van der Waals surface area (Å²) < 4.78 is 14.8. The maximum absolute atomic E-state index is 12.9. The molecule has 0 saturated carbocycles. The topological polar surface area (TPSA) is 43.8 Å². The molecule has 102 valence electrons. The Morgan fingerprint density at radius 2 is 1.95 bits per heavy atom. The van der Waals surface area contributed by atoms with Crippen LogP contribution in [0.15, 0.2) is 30.3 Å². The largest absolute Gasteiger partial charge is 0.322 e. The third kappa shape index (κ3) is 3.20. The van der Waals surface area contributed by atoms with Gasteiger partial charge in [0.2, 0.25) is 0 Å². The van der Waals surface area contributed by atoms with E-state index in [4.69, 9.17) is 5.73 Å². The third-order valence-electron chi connectivity index (χ3n) is 3.27. The van der Waals surface area contributed by atoms with Crippen LogP contribution in [0.4, 0.5) is 4.39 Å². The van der Waals surface area contributed by atoms with E-state index in [1.807, 2.05) is 4.68 Å². The predicted octanol–water partition coefficient (Wildman–Crippen LogP) is 2.85. The van der Waals surface area contributed by atoms with E-state index in [1.54, 1.807) is 12.1 Å². The summed E-state index contributed by atoms with van der Waals surface area (Å²) in [6.07, 6.45) is 1.60. The second kappa shape index (κ2) is 5.97. The Morgan fingerprint density at radius 3 is 2.53 bits per heavy atom. The van der Waals surface area contributed by atoms with Crippen LogP contribution < -0.4 is 5.73 Å². The zero-order valence-electron chi connectivity index (χ0n) is 11.4. The number of aromatic nitrogens is 2. The Labute approximate surface area is 113 Å². The first kappa shape index (κ1) is 13.7. The zero-order valence-corrected chi connectivity index (χ0v) is 11.4. The molecule has 1 aromatic heterocycles. The number of hydrogen-bond acceptors (Lipinski definition) is 2. The highest BCUT2D eigenvalue weighted by molar-refractivity contribution is 5.21. The van der Waals surface area contributed by atoms with Crippen LogP contribution in [0.3, 0.4) is 0 Å². The van der Waals surface area contributed by atoms with Crippen molar-refractivity contribution in [1.82, 2.24) is 9.78 Å². The van der Waals surface area contributed by atoms with Gasteiger partial charge in [-0.25, -0.2) is 4.39 Å². The molecule has 4 heteroatoms. The van der Waals surface area contributed by atoms with Crippen LogP contribution in [-0.4, -0.2) is 9.78 Å². The van der Waals surface area contributed by atoms with E-state index in [9.17, 15) is 4.39 Å². The van der Waals surface area contributed by atoms with Crippen molar-refractivity contribution in [3.05, 3.63) is 53.1 Å². The fourth-order valence-corrected chi connectivity index (χ4v) is 2.19. The highest BCUT2D eigenvalue weighted by atomic mass is 19.1. The van der Waals surface area contributed by atoms with Crippen molar-refractivity contribution >= 4 is 0 Å². The molecule has 0 aliphatic rings. The van der Waals surface area contributed by atoms with Gasteiger partial charge in [0.05, 0.1) is 17.4 Å². The molecule has 1 atom stereocenters. The molecule has 1 heterocycles. The van der Waals surface area contributed by atoms with Gasteiger partial charge < -0.3 is 5.73 Å². The minimum absolute atomic E-state index is 0.113. The summed E-state index contributed by atoms with van der Waals surface area (Å²) in [5.74, 6) is -0.218. The summed E-state index contributed by atoms with van der Waals surface area (Å²) in [7, 11) is 0. The zero-order chi connectivity index (χ0) is 13.8. The average molecular weight is 261 g/mol. The van der Waals surface area contributed by atoms with Crippen LogP contribution in [0.1, 0.15) is 36.8 Å². The van der Waals surface area contributed by atoms with Crippen LogP contribution in [0.5, 0.6) is 0 Å². The highest BCUT2D eigenvalue weighted by Gasteiger charge is 2.14. The molecule has 1 aromatic carbocycles. The van der Waals surface area contributed by atoms with Crippen LogP contribution in [0, 0.1) is 5.82 Å². The molecule has 2 aromatic rings. The third-order valence-corrected chi connectivity index (χ3v) is 3.27. The van der Waals surface area contributed by atoms with Crippen molar-refractivity contribution < 1.29 is 4.39 Å². The van der Waals surface area contributed by atoms with Gasteiger partial charge in [-0.1, -0.05) is 19.1 Å². The number of nitrogens with zero attached hydrogens (tertiary/aromatic N) is 2. The summed E-state index contributed by atoms with van der Waals surface area (Å²) in [5, 5.41) is 4.50. The van der Waals surface area contributed by atoms with Gasteiger partial charge in [-0.05, 0) is 43.5 Å². The van der Waals surface area contributed by atoms with Crippen LogP contribution in [0.2, 0.25) is 0 Å². The van der Waals surface area contributed by atoms with E-state index in [0.717, 1.165) is 29.9 Å². The van der Waals surface area contributed by atoms with Crippen molar-refractivity contribution in [3.63, 3.8) is 0 Å². The minimum Gasteiger partial charge on any atom is -0.322 e. The van der Waals surface area contributed by atoms with Gasteiger partial charge in [0.15, 0.2) is 0 Å². The van der Waals surface area contributed by atoms with E-state index < -0.39 is 0 Å². The van der Waals surface area contributed by atoms with E-state index >= 15 is 0 Å². The van der Waals surface area contributed by atoms with Crippen molar-refractivity contribution in [2.45, 2.75) is 39.3 Å². The first-order valence-corrected chi connectivity index (χ1v) is 6.70. The van der Waals surface area contributed by atoms with Gasteiger partial charge >= 0.3 is 0 Å². The van der Waals surface area contributed by atoms with Crippen molar-refractivity contribution in [1.29, 1.82) is 0 Å². The molecular formula is C15H20FN3. The van der Waals surface area contributed by atoms with Crippen molar-refractivity contribution in [2.24, 2.45) is 5.73 Å². The number of rotatable bonds is 5. The Kier molecular flexibility index (Phi) is 4.32. The molecule has 19 heavy (non-hydrogen) atoms. The Hall–Kier alpha value is -1.68. The summed E-state index contributed by atoms with van der Waals surface area (Å²) in [5.41, 5.74) is 9.40. The fourth-order valence-electron chi connectivity index (χ4n) is 2.19. The van der Waals surface area contributed by atoms with Gasteiger partial charge in [-0.15, -0.1) is 0 Å². The number of nitrogens with two attached hydrogens (primary N) is 1. The van der Waals surface area contributed by atoms with E-state index in [1.165, 1.54) is 12.1 Å². The number of hydrogen-bond donors (Lipinski definition) is 1. The van der Waals surface area contributed by atoms with Crippen LogP contribution >= 0.6 is 0 Å². The van der Waals surface area contributed by atoms with Gasteiger partial charge in [-0.2, -0.15) is 5.10 Å². The molecule has 3 nitrogen and oxygen atoms in total. The van der Waals surface area contributed by atoms with Gasteiger partial charge in [0.25, 0.3) is 0 Å². The highest BCUT2D eigenvalue weighted by Crippen LogP contribution is 2.18. The van der Waals surface area contributed by atoms with Crippen LogP contribution in [-0.2, 0) is 19.4 Å². The standard InChI is InChI=1S/C15H20FN3/c1-3-13-10-15(19(4-2)18-13)14(17)9-11-5-7-12(16)8-6-11/h5-8,10,14H,3-4,9,17H2,1-2H3. The maximum Gasteiger partial charge on any atom is 0.123 e. The Balaban J connectivity index is 2.16. The molecule has 1 unspecified atom stereocenters. The van der Waals surface area contributed by atoms with E-state index in [-0.39, 0.29) is 11.9 Å². The van der Waals surface area contributed by atoms with Gasteiger partial charge in [0.1, 0.15) is 5.82 Å². The first-order chi connectivity index (χ1) is 9.13. The number of halogens is 1. The van der Waals surface area contributed by atoms with Crippen molar-refractivity contribution in [3.8, 4) is 0 Å². The van der Waals surface area contributed by atoms with E-state index in [2.05, 4.69) is 25.0 Å². The molecule has 2 rings (SSSR count). The average Bonchev–Trinajstić information content (AvgIpc) is 2.85. The normalized spacial score (nSPS) is 12.6. The van der Waals surface area contributed by atoms with Crippen molar-refractivity contribution in [2.75, 3.05) is 0 Å². The molecule has 0 bridgehead atoms. The molecule has 2 N–H and O–H groups in total. The smallest absolute Gasteiger partial charge is 0.123 e. The Bertz CT molecular complexity index is 531. The van der Waals surface area contributed by atoms with Gasteiger partial charge in [-0.3, -0.25) is 4.68 Å². The fraction of sp³-hybridized carbons (Fsp3) is 0.400. The second-order valence-corrected chi connectivity index (χ2v) is 4.67. The van der Waals surface area contributed by atoms with E-state index in [0.29, 0.717) is 6.42 Å². The summed E-state index contributed by atoms with van der Waals surface area (Å²) >= 11 is 0. The molecular weight excluding hydrogens is 241 g/mol. The molecule has 0 saturated heterocycles. The second-order valence-electron chi connectivity index (χ2n) is 4.67. The minimum atomic E-state index is -0.218. The Morgan fingerprint density at radius 1 is 1.26 bits per heavy atom. The number of aryl methyl sites for hydroxylation is 2. The van der Waals surface area contributed by atoms with Crippen LogP contribution in [0.25, 0.3) is 0 Å². The first-order valence-electron chi connectivity index (χ1n) is 6.70. The monoisotopic (exact) mass is 261 g/mol.